The van der Waals surface area contributed by atoms with Crippen molar-refractivity contribution in [2.75, 3.05) is 19.7 Å². The van der Waals surface area contributed by atoms with E-state index in [0.717, 1.165) is 16.3 Å². The molecule has 3 rings (SSSR count). The molecule has 2 aromatic rings. The second kappa shape index (κ2) is 8.20. The Balaban J connectivity index is 1.54. The maximum Gasteiger partial charge on any atom is 0.309 e. The van der Waals surface area contributed by atoms with Crippen LogP contribution >= 0.6 is 11.3 Å². The van der Waals surface area contributed by atoms with Crippen LogP contribution in [0, 0.1) is 5.92 Å². The summed E-state index contributed by atoms with van der Waals surface area (Å²) in [4.78, 5) is 34.7. The molecule has 7 heteroatoms. The predicted molar refractivity (Wildman–Crippen MR) is 95.0 cm³/mol. The van der Waals surface area contributed by atoms with Gasteiger partial charge in [0.25, 0.3) is 0 Å². The summed E-state index contributed by atoms with van der Waals surface area (Å²) in [6.45, 7) is 3.41. The Morgan fingerprint density at radius 3 is 2.84 bits per heavy atom. The number of amides is 1. The normalized spacial score (nSPS) is 15.2. The number of carbonyl (C=O) groups is 2. The summed E-state index contributed by atoms with van der Waals surface area (Å²) < 4.78 is 5.06. The van der Waals surface area contributed by atoms with Crippen molar-refractivity contribution in [3.8, 4) is 10.6 Å². The summed E-state index contributed by atoms with van der Waals surface area (Å²) in [6, 6.07) is 3.83. The van der Waals surface area contributed by atoms with Crippen molar-refractivity contribution in [3.63, 3.8) is 0 Å². The quantitative estimate of drug-likeness (QED) is 0.767. The number of hydrogen-bond acceptors (Lipinski definition) is 6. The van der Waals surface area contributed by atoms with Crippen molar-refractivity contribution in [3.05, 3.63) is 35.6 Å². The smallest absolute Gasteiger partial charge is 0.309 e. The second-order valence-corrected chi connectivity index (χ2v) is 6.83. The van der Waals surface area contributed by atoms with Crippen LogP contribution in [0.25, 0.3) is 10.6 Å². The lowest BCUT2D eigenvalue weighted by Crippen LogP contribution is -2.41. The van der Waals surface area contributed by atoms with Gasteiger partial charge in [0, 0.05) is 36.4 Å². The molecule has 1 fully saturated rings. The van der Waals surface area contributed by atoms with Gasteiger partial charge in [-0.25, -0.2) is 4.98 Å². The van der Waals surface area contributed by atoms with Crippen molar-refractivity contribution in [1.82, 2.24) is 14.9 Å². The zero-order chi connectivity index (χ0) is 17.6. The molecule has 2 aromatic heterocycles. The lowest BCUT2D eigenvalue weighted by molar-refractivity contribution is -0.151. The summed E-state index contributed by atoms with van der Waals surface area (Å²) in [5.41, 5.74) is 1.74. The zero-order valence-corrected chi connectivity index (χ0v) is 15.0. The standard InChI is InChI=1S/C18H21N3O3S/c1-2-24-18(23)13-5-8-21(9-6-13)16(22)10-15-12-25-17(20-15)14-4-3-7-19-11-14/h3-4,7,11-13H,2,5-6,8-10H2,1H3. The fraction of sp³-hybridized carbons (Fsp3) is 0.444. The van der Waals surface area contributed by atoms with Gasteiger partial charge in [-0.05, 0) is 31.9 Å². The summed E-state index contributed by atoms with van der Waals surface area (Å²) in [5.74, 6) is -0.166. The van der Waals surface area contributed by atoms with Crippen LogP contribution in [-0.4, -0.2) is 46.4 Å². The first-order chi connectivity index (χ1) is 12.2. The highest BCUT2D eigenvalue weighted by Gasteiger charge is 2.28. The van der Waals surface area contributed by atoms with Gasteiger partial charge in [0.2, 0.25) is 5.91 Å². The third-order valence-electron chi connectivity index (χ3n) is 4.26. The average Bonchev–Trinajstić information content (AvgIpc) is 3.11. The Morgan fingerprint density at radius 2 is 2.16 bits per heavy atom. The number of rotatable bonds is 5. The Hall–Kier alpha value is -2.28. The van der Waals surface area contributed by atoms with E-state index in [9.17, 15) is 9.59 Å². The fourth-order valence-corrected chi connectivity index (χ4v) is 3.71. The number of ether oxygens (including phenoxy) is 1. The number of nitrogens with zero attached hydrogens (tertiary/aromatic N) is 3. The molecule has 0 atom stereocenters. The van der Waals surface area contributed by atoms with E-state index in [1.807, 2.05) is 29.3 Å². The highest BCUT2D eigenvalue weighted by Crippen LogP contribution is 2.24. The fourth-order valence-electron chi connectivity index (χ4n) is 2.90. The highest BCUT2D eigenvalue weighted by molar-refractivity contribution is 7.13. The highest BCUT2D eigenvalue weighted by atomic mass is 32.1. The number of hydrogen-bond donors (Lipinski definition) is 0. The molecule has 1 amide bonds. The van der Waals surface area contributed by atoms with Gasteiger partial charge in [-0.15, -0.1) is 11.3 Å². The van der Waals surface area contributed by atoms with Gasteiger partial charge in [0.05, 0.1) is 24.6 Å². The molecule has 25 heavy (non-hydrogen) atoms. The van der Waals surface area contributed by atoms with E-state index in [2.05, 4.69) is 9.97 Å². The van der Waals surface area contributed by atoms with Crippen molar-refractivity contribution in [2.45, 2.75) is 26.2 Å². The van der Waals surface area contributed by atoms with Gasteiger partial charge in [0.15, 0.2) is 0 Å². The van der Waals surface area contributed by atoms with E-state index in [-0.39, 0.29) is 17.8 Å². The number of thiazole rings is 1. The van der Waals surface area contributed by atoms with Crippen molar-refractivity contribution in [1.29, 1.82) is 0 Å². The average molecular weight is 359 g/mol. The van der Waals surface area contributed by atoms with Crippen molar-refractivity contribution < 1.29 is 14.3 Å². The van der Waals surface area contributed by atoms with E-state index in [0.29, 0.717) is 39.0 Å². The number of carbonyl (C=O) groups excluding carboxylic acids is 2. The molecule has 0 N–H and O–H groups in total. The third-order valence-corrected chi connectivity index (χ3v) is 5.20. The van der Waals surface area contributed by atoms with E-state index in [1.54, 1.807) is 12.4 Å². The molecule has 0 aliphatic carbocycles. The molecule has 0 radical (unpaired) electrons. The monoisotopic (exact) mass is 359 g/mol. The van der Waals surface area contributed by atoms with Gasteiger partial charge in [-0.2, -0.15) is 0 Å². The zero-order valence-electron chi connectivity index (χ0n) is 14.2. The molecule has 1 aliphatic heterocycles. The lowest BCUT2D eigenvalue weighted by Gasteiger charge is -2.30. The SMILES string of the molecule is CCOC(=O)C1CCN(C(=O)Cc2csc(-c3cccnc3)n2)CC1. The third kappa shape index (κ3) is 4.42. The minimum Gasteiger partial charge on any atom is -0.466 e. The van der Waals surface area contributed by atoms with Crippen molar-refractivity contribution >= 4 is 23.2 Å². The number of aromatic nitrogens is 2. The lowest BCUT2D eigenvalue weighted by atomic mass is 9.97. The molecule has 0 saturated carbocycles. The Morgan fingerprint density at radius 1 is 1.36 bits per heavy atom. The largest absolute Gasteiger partial charge is 0.466 e. The summed E-state index contributed by atoms with van der Waals surface area (Å²) in [6.07, 6.45) is 5.12. The number of esters is 1. The topological polar surface area (TPSA) is 72.4 Å². The van der Waals surface area contributed by atoms with Crippen LogP contribution < -0.4 is 0 Å². The van der Waals surface area contributed by atoms with E-state index in [4.69, 9.17) is 4.74 Å². The predicted octanol–water partition coefficient (Wildman–Crippen LogP) is 2.55. The van der Waals surface area contributed by atoms with Crippen LogP contribution in [0.1, 0.15) is 25.5 Å². The minimum absolute atomic E-state index is 0.0605. The molecule has 1 aliphatic rings. The van der Waals surface area contributed by atoms with Crippen LogP contribution in [0.4, 0.5) is 0 Å². The molecule has 132 valence electrons. The second-order valence-electron chi connectivity index (χ2n) is 5.97. The number of likely N-dealkylation sites (tertiary alicyclic amines) is 1. The maximum absolute atomic E-state index is 12.5. The van der Waals surface area contributed by atoms with E-state index >= 15 is 0 Å². The molecule has 0 spiro atoms. The Labute approximate surface area is 150 Å². The molecule has 0 unspecified atom stereocenters. The molecule has 6 nitrogen and oxygen atoms in total. The molecule has 1 saturated heterocycles. The van der Waals surface area contributed by atoms with E-state index < -0.39 is 0 Å². The van der Waals surface area contributed by atoms with Gasteiger partial charge >= 0.3 is 5.97 Å². The van der Waals surface area contributed by atoms with Crippen LogP contribution in [0.15, 0.2) is 29.9 Å². The molecular weight excluding hydrogens is 338 g/mol. The van der Waals surface area contributed by atoms with Crippen LogP contribution in [0.2, 0.25) is 0 Å². The summed E-state index contributed by atoms with van der Waals surface area (Å²) >= 11 is 1.52. The molecule has 3 heterocycles. The van der Waals surface area contributed by atoms with Gasteiger partial charge < -0.3 is 9.64 Å². The number of pyridine rings is 1. The van der Waals surface area contributed by atoms with E-state index in [1.165, 1.54) is 11.3 Å². The Kier molecular flexibility index (Phi) is 5.75. The minimum atomic E-state index is -0.143. The van der Waals surface area contributed by atoms with Crippen LogP contribution in [0.3, 0.4) is 0 Å². The van der Waals surface area contributed by atoms with Crippen LogP contribution in [0.5, 0.6) is 0 Å². The summed E-state index contributed by atoms with van der Waals surface area (Å²) in [5, 5.41) is 2.79. The maximum atomic E-state index is 12.5. The first-order valence-corrected chi connectivity index (χ1v) is 9.34. The first-order valence-electron chi connectivity index (χ1n) is 8.46. The number of piperidine rings is 1. The summed E-state index contributed by atoms with van der Waals surface area (Å²) in [7, 11) is 0. The molecular formula is C18H21N3O3S. The first kappa shape index (κ1) is 17.5. The molecule has 0 aromatic carbocycles. The van der Waals surface area contributed by atoms with Gasteiger partial charge in [-0.1, -0.05) is 0 Å². The molecule has 0 bridgehead atoms. The van der Waals surface area contributed by atoms with Gasteiger partial charge in [-0.3, -0.25) is 14.6 Å². The van der Waals surface area contributed by atoms with Crippen molar-refractivity contribution in [2.24, 2.45) is 5.92 Å². The Bertz CT molecular complexity index is 724. The van der Waals surface area contributed by atoms with Crippen LogP contribution in [-0.2, 0) is 20.7 Å². The van der Waals surface area contributed by atoms with Gasteiger partial charge in [0.1, 0.15) is 5.01 Å².